The summed E-state index contributed by atoms with van der Waals surface area (Å²) in [5.41, 5.74) is 0. The van der Waals surface area contributed by atoms with E-state index in [1.165, 1.54) is 0 Å². The molecule has 0 aromatic carbocycles. The van der Waals surface area contributed by atoms with Gasteiger partial charge in [0.1, 0.15) is 6.10 Å². The Morgan fingerprint density at radius 3 is 2.71 bits per heavy atom. The molecule has 14 heavy (non-hydrogen) atoms. The maximum absolute atomic E-state index is 9.41. The monoisotopic (exact) mass is 205 g/mol. The lowest BCUT2D eigenvalue weighted by Gasteiger charge is -2.28. The fourth-order valence-electron chi connectivity index (χ4n) is 1.04. The molecule has 1 rings (SSSR count). The smallest absolute Gasteiger partial charge is 0.101 e. The van der Waals surface area contributed by atoms with E-state index in [1.54, 1.807) is 7.11 Å². The van der Waals surface area contributed by atoms with Crippen molar-refractivity contribution >= 4 is 0 Å². The second-order valence-electron chi connectivity index (χ2n) is 3.34. The Bertz CT molecular complexity index is 141. The first-order valence-corrected chi connectivity index (χ1v) is 4.90. The van der Waals surface area contributed by atoms with Crippen LogP contribution < -0.4 is 5.32 Å². The zero-order valence-corrected chi connectivity index (χ0v) is 8.57. The van der Waals surface area contributed by atoms with Crippen LogP contribution in [0.15, 0.2) is 0 Å². The van der Waals surface area contributed by atoms with Gasteiger partial charge in [-0.25, -0.2) is 0 Å². The van der Waals surface area contributed by atoms with Crippen LogP contribution in [0.2, 0.25) is 0 Å². The first-order valence-electron chi connectivity index (χ1n) is 4.90. The van der Waals surface area contributed by atoms with Crippen LogP contribution in [0.3, 0.4) is 0 Å². The minimum Gasteiger partial charge on any atom is -0.388 e. The highest BCUT2D eigenvalue weighted by atomic mass is 16.5. The minimum atomic E-state index is -0.535. The standard InChI is InChI=1S/C9H19NO4/c1-12-2-3-13-6-8(11)7-14-9-4-10-5-9/h8-11H,2-7H2,1H3. The molecule has 84 valence electrons. The van der Waals surface area contributed by atoms with Gasteiger partial charge >= 0.3 is 0 Å². The third-order valence-corrected chi connectivity index (χ3v) is 2.01. The van der Waals surface area contributed by atoms with Gasteiger partial charge in [-0.1, -0.05) is 0 Å². The normalized spacial score (nSPS) is 19.3. The number of aliphatic hydroxyl groups is 1. The van der Waals surface area contributed by atoms with E-state index < -0.39 is 6.10 Å². The summed E-state index contributed by atoms with van der Waals surface area (Å²) in [5.74, 6) is 0. The Morgan fingerprint density at radius 1 is 1.36 bits per heavy atom. The molecular formula is C9H19NO4. The Labute approximate surface area is 84.3 Å². The summed E-state index contributed by atoms with van der Waals surface area (Å²) in [6.07, 6.45) is -0.268. The molecule has 1 aliphatic rings. The molecule has 0 aromatic rings. The summed E-state index contributed by atoms with van der Waals surface area (Å²) in [6, 6.07) is 0. The molecule has 2 N–H and O–H groups in total. The lowest BCUT2D eigenvalue weighted by molar-refractivity contribution is -0.0611. The lowest BCUT2D eigenvalue weighted by Crippen LogP contribution is -2.49. The van der Waals surface area contributed by atoms with Crippen molar-refractivity contribution in [3.05, 3.63) is 0 Å². The molecule has 0 bridgehead atoms. The van der Waals surface area contributed by atoms with E-state index in [9.17, 15) is 5.11 Å². The van der Waals surface area contributed by atoms with Gasteiger partial charge in [0.15, 0.2) is 0 Å². The number of rotatable bonds is 8. The number of ether oxygens (including phenoxy) is 3. The molecule has 0 aromatic heterocycles. The van der Waals surface area contributed by atoms with Crippen LogP contribution in [0.25, 0.3) is 0 Å². The van der Waals surface area contributed by atoms with Crippen LogP contribution in [-0.4, -0.2) is 63.9 Å². The second kappa shape index (κ2) is 7.14. The zero-order valence-electron chi connectivity index (χ0n) is 8.57. The van der Waals surface area contributed by atoms with E-state index in [0.29, 0.717) is 26.4 Å². The molecule has 5 heteroatoms. The summed E-state index contributed by atoms with van der Waals surface area (Å²) in [7, 11) is 1.62. The summed E-state index contributed by atoms with van der Waals surface area (Å²) in [6.45, 7) is 3.50. The van der Waals surface area contributed by atoms with Crippen molar-refractivity contribution in [3.8, 4) is 0 Å². The molecule has 1 unspecified atom stereocenters. The predicted octanol–water partition coefficient (Wildman–Crippen LogP) is -1.00. The number of hydrogen-bond donors (Lipinski definition) is 2. The predicted molar refractivity (Wildman–Crippen MR) is 51.3 cm³/mol. The Kier molecular flexibility index (Phi) is 6.05. The van der Waals surface area contributed by atoms with Crippen molar-refractivity contribution in [1.29, 1.82) is 0 Å². The van der Waals surface area contributed by atoms with Crippen molar-refractivity contribution < 1.29 is 19.3 Å². The maximum atomic E-state index is 9.41. The Morgan fingerprint density at radius 2 is 2.14 bits per heavy atom. The van der Waals surface area contributed by atoms with E-state index in [1.807, 2.05) is 0 Å². The van der Waals surface area contributed by atoms with Gasteiger partial charge in [0, 0.05) is 20.2 Å². The SMILES string of the molecule is COCCOCC(O)COC1CNC1. The van der Waals surface area contributed by atoms with Gasteiger partial charge in [0.2, 0.25) is 0 Å². The van der Waals surface area contributed by atoms with Gasteiger partial charge in [0.25, 0.3) is 0 Å². The maximum Gasteiger partial charge on any atom is 0.101 e. The fourth-order valence-corrected chi connectivity index (χ4v) is 1.04. The molecule has 1 saturated heterocycles. The van der Waals surface area contributed by atoms with E-state index in [2.05, 4.69) is 5.32 Å². The van der Waals surface area contributed by atoms with Crippen LogP contribution in [0, 0.1) is 0 Å². The number of nitrogens with one attached hydrogen (secondary N) is 1. The molecule has 0 spiro atoms. The fraction of sp³-hybridized carbons (Fsp3) is 1.00. The Hall–Kier alpha value is -0.200. The second-order valence-corrected chi connectivity index (χ2v) is 3.34. The molecule has 0 amide bonds. The number of methoxy groups -OCH3 is 1. The topological polar surface area (TPSA) is 60.0 Å². The van der Waals surface area contributed by atoms with E-state index in [4.69, 9.17) is 14.2 Å². The van der Waals surface area contributed by atoms with E-state index in [-0.39, 0.29) is 6.10 Å². The number of aliphatic hydroxyl groups excluding tert-OH is 1. The quantitative estimate of drug-likeness (QED) is 0.498. The van der Waals surface area contributed by atoms with Crippen LogP contribution >= 0.6 is 0 Å². The summed E-state index contributed by atoms with van der Waals surface area (Å²) in [4.78, 5) is 0. The average Bonchev–Trinajstić information content (AvgIpc) is 2.10. The van der Waals surface area contributed by atoms with Gasteiger partial charge in [-0.2, -0.15) is 0 Å². The van der Waals surface area contributed by atoms with E-state index >= 15 is 0 Å². The molecule has 1 heterocycles. The molecule has 5 nitrogen and oxygen atoms in total. The molecule has 1 aliphatic heterocycles. The molecule has 1 atom stereocenters. The summed E-state index contributed by atoms with van der Waals surface area (Å²) in [5, 5.41) is 12.5. The minimum absolute atomic E-state index is 0.267. The van der Waals surface area contributed by atoms with Crippen molar-refractivity contribution in [2.45, 2.75) is 12.2 Å². The van der Waals surface area contributed by atoms with Gasteiger partial charge in [-0.15, -0.1) is 0 Å². The summed E-state index contributed by atoms with van der Waals surface area (Å²) < 4.78 is 15.3. The van der Waals surface area contributed by atoms with Gasteiger partial charge in [-0.05, 0) is 0 Å². The highest BCUT2D eigenvalue weighted by Crippen LogP contribution is 1.99. The molecule has 0 radical (unpaired) electrons. The van der Waals surface area contributed by atoms with Gasteiger partial charge < -0.3 is 24.6 Å². The van der Waals surface area contributed by atoms with Crippen LogP contribution in [-0.2, 0) is 14.2 Å². The lowest BCUT2D eigenvalue weighted by atomic mass is 10.2. The van der Waals surface area contributed by atoms with Crippen molar-refractivity contribution in [2.75, 3.05) is 46.6 Å². The van der Waals surface area contributed by atoms with E-state index in [0.717, 1.165) is 13.1 Å². The first kappa shape index (κ1) is 11.9. The van der Waals surface area contributed by atoms with Gasteiger partial charge in [0.05, 0.1) is 32.5 Å². The third kappa shape index (κ3) is 4.88. The third-order valence-electron chi connectivity index (χ3n) is 2.01. The summed E-state index contributed by atoms with van der Waals surface area (Å²) >= 11 is 0. The van der Waals surface area contributed by atoms with Crippen molar-refractivity contribution in [1.82, 2.24) is 5.32 Å². The van der Waals surface area contributed by atoms with Crippen LogP contribution in [0.4, 0.5) is 0 Å². The van der Waals surface area contributed by atoms with Crippen molar-refractivity contribution in [2.24, 2.45) is 0 Å². The largest absolute Gasteiger partial charge is 0.388 e. The van der Waals surface area contributed by atoms with Crippen molar-refractivity contribution in [3.63, 3.8) is 0 Å². The zero-order chi connectivity index (χ0) is 10.2. The highest BCUT2D eigenvalue weighted by Gasteiger charge is 2.18. The molecule has 1 fully saturated rings. The Balaban J connectivity index is 1.84. The average molecular weight is 205 g/mol. The molecule has 0 saturated carbocycles. The highest BCUT2D eigenvalue weighted by molar-refractivity contribution is 4.75. The van der Waals surface area contributed by atoms with Crippen LogP contribution in [0.5, 0.6) is 0 Å². The number of hydrogen-bond acceptors (Lipinski definition) is 5. The molecule has 0 aliphatic carbocycles. The molecular weight excluding hydrogens is 186 g/mol. The van der Waals surface area contributed by atoms with Crippen LogP contribution in [0.1, 0.15) is 0 Å². The first-order chi connectivity index (χ1) is 6.83. The van der Waals surface area contributed by atoms with Gasteiger partial charge in [-0.3, -0.25) is 0 Å².